The molecule has 0 amide bonds. The first-order valence-corrected chi connectivity index (χ1v) is 12.4. The molecule has 4 heterocycles. The van der Waals surface area contributed by atoms with Crippen molar-refractivity contribution in [2.24, 2.45) is 0 Å². The van der Waals surface area contributed by atoms with E-state index in [9.17, 15) is 0 Å². The molecule has 5 aromatic rings. The van der Waals surface area contributed by atoms with E-state index in [0.29, 0.717) is 11.9 Å². The van der Waals surface area contributed by atoms with Gasteiger partial charge >= 0.3 is 0 Å². The Hall–Kier alpha value is -4.07. The van der Waals surface area contributed by atoms with Gasteiger partial charge in [-0.1, -0.05) is 42.5 Å². The van der Waals surface area contributed by atoms with Crippen LogP contribution in [0.3, 0.4) is 0 Å². The average Bonchev–Trinajstić information content (AvgIpc) is 3.30. The third-order valence-corrected chi connectivity index (χ3v) is 6.87. The lowest BCUT2D eigenvalue weighted by atomic mass is 10.1. The Bertz CT molecular complexity index is 1490. The lowest BCUT2D eigenvalue weighted by Gasteiger charge is -2.33. The van der Waals surface area contributed by atoms with E-state index in [1.807, 2.05) is 42.5 Å². The molecule has 0 saturated carbocycles. The van der Waals surface area contributed by atoms with Gasteiger partial charge in [-0.2, -0.15) is 0 Å². The number of nitrogens with two attached hydrogens (primary N) is 1. The molecule has 36 heavy (non-hydrogen) atoms. The molecule has 6 rings (SSSR count). The minimum absolute atomic E-state index is 0.446. The van der Waals surface area contributed by atoms with Crippen molar-refractivity contribution in [3.8, 4) is 28.3 Å². The number of imidazole rings is 1. The summed E-state index contributed by atoms with van der Waals surface area (Å²) >= 11 is 0. The highest BCUT2D eigenvalue weighted by atomic mass is 15.2. The van der Waals surface area contributed by atoms with E-state index >= 15 is 0 Å². The average molecular weight is 476 g/mol. The number of piperazine rings is 1. The van der Waals surface area contributed by atoms with Crippen molar-refractivity contribution < 1.29 is 0 Å². The first-order valence-electron chi connectivity index (χ1n) is 12.4. The second-order valence-corrected chi connectivity index (χ2v) is 9.30. The molecule has 0 bridgehead atoms. The highest BCUT2D eigenvalue weighted by molar-refractivity contribution is 5.84. The molecule has 1 saturated heterocycles. The summed E-state index contributed by atoms with van der Waals surface area (Å²) < 4.78 is 2.09. The van der Waals surface area contributed by atoms with Gasteiger partial charge in [-0.05, 0) is 48.9 Å². The van der Waals surface area contributed by atoms with E-state index in [2.05, 4.69) is 63.1 Å². The van der Waals surface area contributed by atoms with E-state index in [-0.39, 0.29) is 0 Å². The van der Waals surface area contributed by atoms with Crippen LogP contribution in [-0.2, 0) is 6.54 Å². The molecule has 3 N–H and O–H groups in total. The van der Waals surface area contributed by atoms with Crippen LogP contribution < -0.4 is 11.1 Å². The van der Waals surface area contributed by atoms with Crippen molar-refractivity contribution in [2.75, 3.05) is 25.4 Å². The molecule has 7 nitrogen and oxygen atoms in total. The fourth-order valence-corrected chi connectivity index (χ4v) is 4.86. The Morgan fingerprint density at radius 1 is 0.944 bits per heavy atom. The summed E-state index contributed by atoms with van der Waals surface area (Å²) in [6.07, 6.45) is 1.70. The van der Waals surface area contributed by atoms with Crippen molar-refractivity contribution >= 4 is 17.0 Å². The van der Waals surface area contributed by atoms with Crippen molar-refractivity contribution in [2.45, 2.75) is 19.5 Å². The second kappa shape index (κ2) is 9.53. The van der Waals surface area contributed by atoms with E-state index < -0.39 is 0 Å². The number of anilines is 1. The third-order valence-electron chi connectivity index (χ3n) is 6.87. The number of hydrogen-bond acceptors (Lipinski definition) is 6. The lowest BCUT2D eigenvalue weighted by molar-refractivity contribution is 0.165. The summed E-state index contributed by atoms with van der Waals surface area (Å²) in [7, 11) is 0. The van der Waals surface area contributed by atoms with Gasteiger partial charge in [0.05, 0.1) is 11.3 Å². The fraction of sp³-hybridized carbons (Fsp3) is 0.207. The Morgan fingerprint density at radius 3 is 2.56 bits per heavy atom. The minimum Gasteiger partial charge on any atom is -0.383 e. The Balaban J connectivity index is 1.46. The largest absolute Gasteiger partial charge is 0.383 e. The van der Waals surface area contributed by atoms with Crippen molar-refractivity contribution in [1.29, 1.82) is 0 Å². The number of nitrogen functional groups attached to an aromatic ring is 1. The zero-order valence-electron chi connectivity index (χ0n) is 20.3. The number of nitrogens with one attached hydrogen (secondary N) is 1. The number of nitrogens with zero attached hydrogens (tertiary/aromatic N) is 5. The Morgan fingerprint density at radius 2 is 1.78 bits per heavy atom. The van der Waals surface area contributed by atoms with Gasteiger partial charge in [0.1, 0.15) is 11.3 Å². The molecule has 1 atom stereocenters. The molecule has 0 aliphatic carbocycles. The number of fused-ring (bicyclic) bond motifs is 1. The van der Waals surface area contributed by atoms with Crippen LogP contribution in [0.2, 0.25) is 0 Å². The predicted octanol–water partition coefficient (Wildman–Crippen LogP) is 4.53. The maximum absolute atomic E-state index is 6.29. The van der Waals surface area contributed by atoms with Gasteiger partial charge in [-0.15, -0.1) is 0 Å². The van der Waals surface area contributed by atoms with Crippen LogP contribution in [0.5, 0.6) is 0 Å². The molecule has 2 aromatic carbocycles. The maximum atomic E-state index is 6.29. The fourth-order valence-electron chi connectivity index (χ4n) is 4.86. The molecule has 7 heteroatoms. The number of rotatable bonds is 5. The van der Waals surface area contributed by atoms with Crippen LogP contribution >= 0.6 is 0 Å². The number of hydrogen-bond donors (Lipinski definition) is 2. The van der Waals surface area contributed by atoms with Gasteiger partial charge in [-0.3, -0.25) is 9.47 Å². The predicted molar refractivity (Wildman–Crippen MR) is 145 cm³/mol. The first-order chi connectivity index (χ1) is 17.7. The van der Waals surface area contributed by atoms with Gasteiger partial charge in [0.25, 0.3) is 0 Å². The summed E-state index contributed by atoms with van der Waals surface area (Å²) in [5.41, 5.74) is 12.9. The van der Waals surface area contributed by atoms with Crippen LogP contribution in [0.15, 0.2) is 85.1 Å². The van der Waals surface area contributed by atoms with Crippen molar-refractivity contribution in [3.63, 3.8) is 0 Å². The maximum Gasteiger partial charge on any atom is 0.165 e. The summed E-state index contributed by atoms with van der Waals surface area (Å²) in [4.78, 5) is 16.8. The highest BCUT2D eigenvalue weighted by Crippen LogP contribution is 2.31. The summed E-state index contributed by atoms with van der Waals surface area (Å²) in [5.74, 6) is 1.18. The van der Waals surface area contributed by atoms with Crippen LogP contribution in [0.4, 0.5) is 5.82 Å². The van der Waals surface area contributed by atoms with E-state index in [1.165, 1.54) is 5.56 Å². The quantitative estimate of drug-likeness (QED) is 0.389. The van der Waals surface area contributed by atoms with Crippen molar-refractivity contribution in [1.82, 2.24) is 29.7 Å². The van der Waals surface area contributed by atoms with Gasteiger partial charge < -0.3 is 11.1 Å². The van der Waals surface area contributed by atoms with Gasteiger partial charge in [-0.25, -0.2) is 15.0 Å². The zero-order valence-corrected chi connectivity index (χ0v) is 20.3. The van der Waals surface area contributed by atoms with Crippen LogP contribution in [0, 0.1) is 0 Å². The monoisotopic (exact) mass is 475 g/mol. The van der Waals surface area contributed by atoms with E-state index in [0.717, 1.165) is 65.7 Å². The highest BCUT2D eigenvalue weighted by Gasteiger charge is 2.20. The summed E-state index contributed by atoms with van der Waals surface area (Å²) in [5, 5.41) is 3.46. The second-order valence-electron chi connectivity index (χ2n) is 9.30. The number of aromatic nitrogens is 4. The van der Waals surface area contributed by atoms with Crippen molar-refractivity contribution in [3.05, 3.63) is 90.6 Å². The molecule has 180 valence electrons. The smallest absolute Gasteiger partial charge is 0.165 e. The van der Waals surface area contributed by atoms with Crippen LogP contribution in [0.1, 0.15) is 12.5 Å². The molecule has 1 fully saturated rings. The first kappa shape index (κ1) is 22.4. The summed E-state index contributed by atoms with van der Waals surface area (Å²) in [6, 6.07) is 27.3. The molecule has 0 unspecified atom stereocenters. The molecule has 0 spiro atoms. The SMILES string of the molecule is C[C@H]1CNCCN1Cc1ccc(-n2c(-c3cccnc3N)nc3ccc(-c4ccccc4)nc32)cc1. The zero-order chi connectivity index (χ0) is 24.5. The third kappa shape index (κ3) is 4.23. The normalized spacial score (nSPS) is 16.4. The molecular formula is C29H29N7. The van der Waals surface area contributed by atoms with E-state index in [4.69, 9.17) is 15.7 Å². The molecule has 3 aromatic heterocycles. The van der Waals surface area contributed by atoms with Gasteiger partial charge in [0, 0.05) is 49.7 Å². The number of benzene rings is 2. The van der Waals surface area contributed by atoms with E-state index in [1.54, 1.807) is 6.20 Å². The number of pyridine rings is 2. The molecule has 1 aliphatic rings. The Kier molecular flexibility index (Phi) is 5.93. The molecule has 1 aliphatic heterocycles. The minimum atomic E-state index is 0.446. The molecule has 0 radical (unpaired) electrons. The lowest BCUT2D eigenvalue weighted by Crippen LogP contribution is -2.49. The van der Waals surface area contributed by atoms with Crippen LogP contribution in [0.25, 0.3) is 39.5 Å². The molecular weight excluding hydrogens is 446 g/mol. The van der Waals surface area contributed by atoms with Crippen LogP contribution in [-0.4, -0.2) is 50.1 Å². The standard InChI is InChI=1S/C29H29N7/c1-20-18-31-16-17-35(20)19-21-9-11-23(12-10-21)36-28(24-8-5-15-32-27(24)30)34-26-14-13-25(33-29(26)36)22-6-3-2-4-7-22/h2-15,20,31H,16-19H2,1H3,(H2,30,32)/t20-/m0/s1. The summed E-state index contributed by atoms with van der Waals surface area (Å²) in [6.45, 7) is 6.34. The topological polar surface area (TPSA) is 84.9 Å². The van der Waals surface area contributed by atoms with Gasteiger partial charge in [0.15, 0.2) is 11.5 Å². The Labute approximate surface area is 210 Å². The van der Waals surface area contributed by atoms with Gasteiger partial charge in [0.2, 0.25) is 0 Å².